The van der Waals surface area contributed by atoms with Gasteiger partial charge in [0.15, 0.2) is 0 Å². The summed E-state index contributed by atoms with van der Waals surface area (Å²) >= 11 is 3.25. The van der Waals surface area contributed by atoms with Crippen molar-refractivity contribution < 1.29 is 27.4 Å². The van der Waals surface area contributed by atoms with Crippen LogP contribution in [0.1, 0.15) is 28.8 Å². The molecule has 29 heavy (non-hydrogen) atoms. The number of carbonyl (C=O) groups is 1. The highest BCUT2D eigenvalue weighted by atomic mass is 79.9. The Labute approximate surface area is 173 Å². The number of likely N-dealkylation sites (tertiary alicyclic amines) is 1. The Morgan fingerprint density at radius 1 is 1.24 bits per heavy atom. The van der Waals surface area contributed by atoms with Crippen molar-refractivity contribution >= 4 is 21.8 Å². The number of aromatic nitrogens is 1. The lowest BCUT2D eigenvalue weighted by atomic mass is 10.1. The fraction of sp³-hybridized carbons (Fsp3) is 0.368. The van der Waals surface area contributed by atoms with Gasteiger partial charge in [0, 0.05) is 30.3 Å². The van der Waals surface area contributed by atoms with E-state index in [0.29, 0.717) is 11.0 Å². The van der Waals surface area contributed by atoms with E-state index in [9.17, 15) is 18.0 Å². The largest absolute Gasteiger partial charge is 0.573 e. The molecule has 2 N–H and O–H groups in total. The molecular weight excluding hydrogens is 455 g/mol. The predicted octanol–water partition coefficient (Wildman–Crippen LogP) is 3.89. The second-order valence-corrected chi connectivity index (χ2v) is 7.57. The van der Waals surface area contributed by atoms with Crippen molar-refractivity contribution in [3.63, 3.8) is 0 Å². The molecule has 0 aliphatic carbocycles. The van der Waals surface area contributed by atoms with Gasteiger partial charge in [-0.3, -0.25) is 9.69 Å². The number of halogens is 4. The van der Waals surface area contributed by atoms with E-state index < -0.39 is 12.3 Å². The van der Waals surface area contributed by atoms with Gasteiger partial charge >= 0.3 is 6.36 Å². The van der Waals surface area contributed by atoms with E-state index >= 15 is 0 Å². The number of hydrogen-bond donors (Lipinski definition) is 1. The number of rotatable bonds is 6. The van der Waals surface area contributed by atoms with Crippen LogP contribution in [0.3, 0.4) is 0 Å². The Balaban J connectivity index is 1.52. The summed E-state index contributed by atoms with van der Waals surface area (Å²) in [6, 6.07) is 7.43. The molecule has 0 radical (unpaired) electrons. The minimum absolute atomic E-state index is 0.0967. The summed E-state index contributed by atoms with van der Waals surface area (Å²) in [7, 11) is 0. The zero-order valence-corrected chi connectivity index (χ0v) is 16.9. The number of piperidine rings is 1. The Hall–Kier alpha value is -2.33. The number of carbonyl (C=O) groups excluding carboxylic acids is 1. The van der Waals surface area contributed by atoms with Gasteiger partial charge in [-0.25, -0.2) is 4.98 Å². The number of amides is 1. The summed E-state index contributed by atoms with van der Waals surface area (Å²) in [4.78, 5) is 17.9. The van der Waals surface area contributed by atoms with Gasteiger partial charge in [-0.1, -0.05) is 12.1 Å². The Kier molecular flexibility index (Phi) is 6.63. The molecule has 10 heteroatoms. The maximum atomic E-state index is 12.2. The number of nitrogens with two attached hydrogens (primary N) is 1. The third kappa shape index (κ3) is 6.33. The van der Waals surface area contributed by atoms with E-state index in [0.717, 1.165) is 31.5 Å². The van der Waals surface area contributed by atoms with Crippen molar-refractivity contribution in [1.29, 1.82) is 0 Å². The summed E-state index contributed by atoms with van der Waals surface area (Å²) < 4.78 is 47.1. The maximum Gasteiger partial charge on any atom is 0.573 e. The van der Waals surface area contributed by atoms with Crippen LogP contribution in [0.2, 0.25) is 0 Å². The lowest BCUT2D eigenvalue weighted by Crippen LogP contribution is -2.38. The standard InChI is InChI=1S/C19H19BrF3N3O3/c20-13-9-16(17(24)27)18(25-10-13)28-14-5-7-26(8-6-14)11-12-1-3-15(4-2-12)29-19(21,22)23/h1-4,9-10,14H,5-8,11H2,(H2,24,27). The minimum atomic E-state index is -4.69. The van der Waals surface area contributed by atoms with Crippen LogP contribution < -0.4 is 15.2 Å². The van der Waals surface area contributed by atoms with Crippen molar-refractivity contribution in [3.05, 3.63) is 52.1 Å². The van der Waals surface area contributed by atoms with Crippen LogP contribution in [0.25, 0.3) is 0 Å². The summed E-state index contributed by atoms with van der Waals surface area (Å²) in [6.07, 6.45) is -1.79. The van der Waals surface area contributed by atoms with Gasteiger partial charge in [-0.2, -0.15) is 0 Å². The first-order valence-corrected chi connectivity index (χ1v) is 9.68. The molecule has 0 atom stereocenters. The molecule has 0 unspecified atom stereocenters. The van der Waals surface area contributed by atoms with Crippen LogP contribution in [0.5, 0.6) is 11.6 Å². The molecule has 0 saturated carbocycles. The van der Waals surface area contributed by atoms with Gasteiger partial charge < -0.3 is 15.2 Å². The molecule has 1 amide bonds. The molecule has 0 spiro atoms. The summed E-state index contributed by atoms with van der Waals surface area (Å²) in [5, 5.41) is 0. The number of nitrogens with zero attached hydrogens (tertiary/aromatic N) is 2. The third-order valence-electron chi connectivity index (χ3n) is 4.46. The molecule has 1 saturated heterocycles. The summed E-state index contributed by atoms with van der Waals surface area (Å²) in [5.74, 6) is -0.621. The molecule has 2 heterocycles. The molecule has 1 aliphatic rings. The van der Waals surface area contributed by atoms with E-state index in [1.165, 1.54) is 12.1 Å². The summed E-state index contributed by atoms with van der Waals surface area (Å²) in [6.45, 7) is 2.10. The van der Waals surface area contributed by atoms with E-state index in [-0.39, 0.29) is 23.3 Å². The molecule has 1 aromatic heterocycles. The molecule has 1 fully saturated rings. The molecule has 6 nitrogen and oxygen atoms in total. The predicted molar refractivity (Wildman–Crippen MR) is 103 cm³/mol. The zero-order valence-electron chi connectivity index (χ0n) is 15.3. The summed E-state index contributed by atoms with van der Waals surface area (Å²) in [5.41, 5.74) is 6.50. The SMILES string of the molecule is NC(=O)c1cc(Br)cnc1OC1CCN(Cc2ccc(OC(F)(F)F)cc2)CC1. The topological polar surface area (TPSA) is 77.7 Å². The van der Waals surface area contributed by atoms with Crippen molar-refractivity contribution in [2.75, 3.05) is 13.1 Å². The van der Waals surface area contributed by atoms with Gasteiger partial charge in [0.2, 0.25) is 5.88 Å². The average molecular weight is 474 g/mol. The molecule has 0 bridgehead atoms. The molecule has 3 rings (SSSR count). The third-order valence-corrected chi connectivity index (χ3v) is 4.89. The van der Waals surface area contributed by atoms with Crippen LogP contribution in [0.4, 0.5) is 13.2 Å². The van der Waals surface area contributed by atoms with Crippen molar-refractivity contribution in [2.24, 2.45) is 5.73 Å². The second kappa shape index (κ2) is 9.00. The molecule has 1 aromatic carbocycles. The number of primary amides is 1. The first-order valence-electron chi connectivity index (χ1n) is 8.88. The van der Waals surface area contributed by atoms with Crippen molar-refractivity contribution in [2.45, 2.75) is 31.9 Å². The molecule has 1 aliphatic heterocycles. The monoisotopic (exact) mass is 473 g/mol. The fourth-order valence-electron chi connectivity index (χ4n) is 3.10. The van der Waals surface area contributed by atoms with Gasteiger partial charge in [0.25, 0.3) is 5.91 Å². The van der Waals surface area contributed by atoms with Gasteiger partial charge in [0.05, 0.1) is 0 Å². The van der Waals surface area contributed by atoms with Crippen molar-refractivity contribution in [1.82, 2.24) is 9.88 Å². The number of alkyl halides is 3. The van der Waals surface area contributed by atoms with E-state index in [2.05, 4.69) is 30.6 Å². The quantitative estimate of drug-likeness (QED) is 0.688. The fourth-order valence-corrected chi connectivity index (χ4v) is 3.43. The molecular formula is C19H19BrF3N3O3. The Bertz CT molecular complexity index is 854. The van der Waals surface area contributed by atoms with Crippen molar-refractivity contribution in [3.8, 4) is 11.6 Å². The van der Waals surface area contributed by atoms with E-state index in [4.69, 9.17) is 10.5 Å². The average Bonchev–Trinajstić information content (AvgIpc) is 2.65. The smallest absolute Gasteiger partial charge is 0.474 e. The highest BCUT2D eigenvalue weighted by Gasteiger charge is 2.31. The maximum absolute atomic E-state index is 12.2. The molecule has 156 valence electrons. The first kappa shape index (κ1) is 21.4. The van der Waals surface area contributed by atoms with Gasteiger partial charge in [-0.05, 0) is 52.5 Å². The van der Waals surface area contributed by atoms with Crippen LogP contribution >= 0.6 is 15.9 Å². The van der Waals surface area contributed by atoms with Gasteiger partial charge in [-0.15, -0.1) is 13.2 Å². The lowest BCUT2D eigenvalue weighted by molar-refractivity contribution is -0.274. The highest BCUT2D eigenvalue weighted by molar-refractivity contribution is 9.10. The van der Waals surface area contributed by atoms with Crippen LogP contribution in [-0.4, -0.2) is 41.3 Å². The second-order valence-electron chi connectivity index (χ2n) is 6.66. The van der Waals surface area contributed by atoms with E-state index in [1.807, 2.05) is 0 Å². The number of hydrogen-bond acceptors (Lipinski definition) is 5. The zero-order chi connectivity index (χ0) is 21.0. The minimum Gasteiger partial charge on any atom is -0.474 e. The van der Waals surface area contributed by atoms with Crippen LogP contribution in [0.15, 0.2) is 41.0 Å². The van der Waals surface area contributed by atoms with Crippen LogP contribution in [0, 0.1) is 0 Å². The first-order chi connectivity index (χ1) is 13.7. The normalized spacial score (nSPS) is 15.9. The Morgan fingerprint density at radius 3 is 2.48 bits per heavy atom. The Morgan fingerprint density at radius 2 is 1.90 bits per heavy atom. The number of ether oxygens (including phenoxy) is 2. The van der Waals surface area contributed by atoms with Crippen LogP contribution in [-0.2, 0) is 6.54 Å². The van der Waals surface area contributed by atoms with Gasteiger partial charge in [0.1, 0.15) is 17.4 Å². The molecule has 2 aromatic rings. The number of pyridine rings is 1. The lowest BCUT2D eigenvalue weighted by Gasteiger charge is -2.32. The highest BCUT2D eigenvalue weighted by Crippen LogP contribution is 2.25. The van der Waals surface area contributed by atoms with E-state index in [1.54, 1.807) is 24.4 Å². The number of benzene rings is 1.